The van der Waals surface area contributed by atoms with Gasteiger partial charge in [-0.25, -0.2) is 9.97 Å². The van der Waals surface area contributed by atoms with Gasteiger partial charge >= 0.3 is 0 Å². The molecule has 0 bridgehead atoms. The van der Waals surface area contributed by atoms with E-state index in [1.807, 2.05) is 20.0 Å². The number of hydrogen-bond acceptors (Lipinski definition) is 4. The van der Waals surface area contributed by atoms with Crippen molar-refractivity contribution in [2.75, 3.05) is 5.73 Å². The molecule has 0 atom stereocenters. The van der Waals surface area contributed by atoms with Gasteiger partial charge in [0.25, 0.3) is 0 Å². The number of nitrogens with zero attached hydrogens (tertiary/aromatic N) is 4. The third kappa shape index (κ3) is 1.96. The van der Waals surface area contributed by atoms with Crippen LogP contribution >= 0.6 is 0 Å². The quantitative estimate of drug-likeness (QED) is 0.779. The number of aryl methyl sites for hydroxylation is 2. The third-order valence-electron chi connectivity index (χ3n) is 2.29. The van der Waals surface area contributed by atoms with Gasteiger partial charge in [0.2, 0.25) is 0 Å². The predicted octanol–water partition coefficient (Wildman–Crippen LogP) is 0.692. The summed E-state index contributed by atoms with van der Waals surface area (Å²) in [6.45, 7) is 1.99. The van der Waals surface area contributed by atoms with Crippen LogP contribution in [0.15, 0.2) is 18.6 Å². The van der Waals surface area contributed by atoms with Crippen molar-refractivity contribution in [2.24, 2.45) is 7.05 Å². The highest BCUT2D eigenvalue weighted by Crippen LogP contribution is 2.13. The van der Waals surface area contributed by atoms with Crippen LogP contribution in [0, 0.1) is 6.92 Å². The van der Waals surface area contributed by atoms with Crippen molar-refractivity contribution in [2.45, 2.75) is 13.3 Å². The molecular formula is C10H13N5. The number of nitrogens with two attached hydrogens (primary N) is 1. The molecule has 0 saturated heterocycles. The first-order valence-corrected chi connectivity index (χ1v) is 4.70. The molecule has 0 aromatic carbocycles. The zero-order chi connectivity index (χ0) is 10.8. The topological polar surface area (TPSA) is 69.6 Å². The van der Waals surface area contributed by atoms with Crippen LogP contribution in [0.2, 0.25) is 0 Å². The summed E-state index contributed by atoms with van der Waals surface area (Å²) >= 11 is 0. The van der Waals surface area contributed by atoms with Crippen LogP contribution in [-0.2, 0) is 13.5 Å². The number of nitrogen functional groups attached to an aromatic ring is 1. The van der Waals surface area contributed by atoms with Gasteiger partial charge in [-0.15, -0.1) is 0 Å². The van der Waals surface area contributed by atoms with E-state index in [9.17, 15) is 0 Å². The average Bonchev–Trinajstić information content (AvgIpc) is 2.58. The zero-order valence-corrected chi connectivity index (χ0v) is 8.81. The predicted molar refractivity (Wildman–Crippen MR) is 57.2 cm³/mol. The van der Waals surface area contributed by atoms with Crippen molar-refractivity contribution in [1.29, 1.82) is 0 Å². The summed E-state index contributed by atoms with van der Waals surface area (Å²) in [5.74, 6) is 1.44. The van der Waals surface area contributed by atoms with Crippen LogP contribution in [0.3, 0.4) is 0 Å². The summed E-state index contributed by atoms with van der Waals surface area (Å²) in [5, 5.41) is 4.01. The van der Waals surface area contributed by atoms with E-state index >= 15 is 0 Å². The number of rotatable bonds is 2. The minimum absolute atomic E-state index is 0.559. The molecule has 78 valence electrons. The van der Waals surface area contributed by atoms with E-state index in [0.717, 1.165) is 17.0 Å². The molecule has 5 heteroatoms. The Morgan fingerprint density at radius 2 is 2.20 bits per heavy atom. The lowest BCUT2D eigenvalue weighted by Gasteiger charge is -2.05. The molecule has 2 aromatic heterocycles. The van der Waals surface area contributed by atoms with Crippen LogP contribution in [0.25, 0.3) is 0 Å². The van der Waals surface area contributed by atoms with Crippen molar-refractivity contribution in [3.05, 3.63) is 35.5 Å². The SMILES string of the molecule is Cc1cnc(N)c(Cc2ncnn2C)c1. The van der Waals surface area contributed by atoms with Gasteiger partial charge in [-0.1, -0.05) is 6.07 Å². The molecular weight excluding hydrogens is 190 g/mol. The van der Waals surface area contributed by atoms with Gasteiger partial charge < -0.3 is 5.73 Å². The Hall–Kier alpha value is -1.91. The highest BCUT2D eigenvalue weighted by Gasteiger charge is 2.06. The lowest BCUT2D eigenvalue weighted by molar-refractivity contribution is 0.716. The molecule has 15 heavy (non-hydrogen) atoms. The Labute approximate surface area is 88.0 Å². The molecule has 0 unspecified atom stereocenters. The van der Waals surface area contributed by atoms with Crippen LogP contribution in [0.5, 0.6) is 0 Å². The van der Waals surface area contributed by atoms with E-state index in [1.165, 1.54) is 6.33 Å². The maximum absolute atomic E-state index is 5.79. The molecule has 0 spiro atoms. The minimum atomic E-state index is 0.559. The standard InChI is InChI=1S/C10H13N5/c1-7-3-8(10(11)12-5-7)4-9-13-6-14-15(9)2/h3,5-6H,4H2,1-2H3,(H2,11,12). The molecule has 0 aliphatic carbocycles. The van der Waals surface area contributed by atoms with Crippen LogP contribution in [-0.4, -0.2) is 19.7 Å². The van der Waals surface area contributed by atoms with Crippen molar-refractivity contribution in [3.8, 4) is 0 Å². The largest absolute Gasteiger partial charge is 0.383 e. The second-order valence-corrected chi connectivity index (χ2v) is 3.53. The number of pyridine rings is 1. The Morgan fingerprint density at radius 3 is 2.87 bits per heavy atom. The van der Waals surface area contributed by atoms with Gasteiger partial charge in [0.15, 0.2) is 0 Å². The smallest absolute Gasteiger partial charge is 0.138 e. The normalized spacial score (nSPS) is 10.5. The molecule has 0 amide bonds. The lowest BCUT2D eigenvalue weighted by Crippen LogP contribution is -2.04. The Morgan fingerprint density at radius 1 is 1.40 bits per heavy atom. The molecule has 2 N–H and O–H groups in total. The molecule has 2 aromatic rings. The van der Waals surface area contributed by atoms with Gasteiger partial charge in [0.05, 0.1) is 0 Å². The summed E-state index contributed by atoms with van der Waals surface area (Å²) in [4.78, 5) is 8.26. The summed E-state index contributed by atoms with van der Waals surface area (Å²) < 4.78 is 1.74. The Balaban J connectivity index is 2.32. The second-order valence-electron chi connectivity index (χ2n) is 3.53. The third-order valence-corrected chi connectivity index (χ3v) is 2.29. The van der Waals surface area contributed by atoms with Crippen LogP contribution in [0.1, 0.15) is 17.0 Å². The zero-order valence-electron chi connectivity index (χ0n) is 8.81. The van der Waals surface area contributed by atoms with Gasteiger partial charge in [-0.3, -0.25) is 4.68 Å². The van der Waals surface area contributed by atoms with Crippen molar-refractivity contribution >= 4 is 5.82 Å². The molecule has 0 aliphatic rings. The van der Waals surface area contributed by atoms with Gasteiger partial charge in [-0.05, 0) is 12.5 Å². The first-order valence-electron chi connectivity index (χ1n) is 4.70. The number of aromatic nitrogens is 4. The average molecular weight is 203 g/mol. The summed E-state index contributed by atoms with van der Waals surface area (Å²) in [6, 6.07) is 2.02. The summed E-state index contributed by atoms with van der Waals surface area (Å²) in [7, 11) is 1.86. The van der Waals surface area contributed by atoms with Crippen LogP contribution < -0.4 is 5.73 Å². The van der Waals surface area contributed by atoms with Crippen molar-refractivity contribution in [1.82, 2.24) is 19.7 Å². The van der Waals surface area contributed by atoms with E-state index in [1.54, 1.807) is 10.9 Å². The Kier molecular flexibility index (Phi) is 2.37. The van der Waals surface area contributed by atoms with Crippen molar-refractivity contribution in [3.63, 3.8) is 0 Å². The number of anilines is 1. The first kappa shape index (κ1) is 9.64. The molecule has 0 radical (unpaired) electrons. The fraction of sp³-hybridized carbons (Fsp3) is 0.300. The number of hydrogen-bond donors (Lipinski definition) is 1. The molecule has 2 heterocycles. The molecule has 5 nitrogen and oxygen atoms in total. The van der Waals surface area contributed by atoms with Gasteiger partial charge in [0, 0.05) is 25.2 Å². The fourth-order valence-corrected chi connectivity index (χ4v) is 1.43. The molecule has 0 aliphatic heterocycles. The first-order chi connectivity index (χ1) is 7.16. The van der Waals surface area contributed by atoms with Crippen molar-refractivity contribution < 1.29 is 0 Å². The fourth-order valence-electron chi connectivity index (χ4n) is 1.43. The van der Waals surface area contributed by atoms with Gasteiger partial charge in [-0.2, -0.15) is 5.10 Å². The molecule has 2 rings (SSSR count). The van der Waals surface area contributed by atoms with Crippen LogP contribution in [0.4, 0.5) is 5.82 Å². The second kappa shape index (κ2) is 3.68. The van der Waals surface area contributed by atoms with E-state index < -0.39 is 0 Å². The van der Waals surface area contributed by atoms with Gasteiger partial charge in [0.1, 0.15) is 18.0 Å². The van der Waals surface area contributed by atoms with E-state index in [4.69, 9.17) is 5.73 Å². The van der Waals surface area contributed by atoms with E-state index in [2.05, 4.69) is 15.1 Å². The summed E-state index contributed by atoms with van der Waals surface area (Å²) in [5.41, 5.74) is 7.88. The Bertz CT molecular complexity index is 474. The maximum atomic E-state index is 5.79. The molecule has 0 saturated carbocycles. The monoisotopic (exact) mass is 203 g/mol. The van der Waals surface area contributed by atoms with E-state index in [0.29, 0.717) is 12.2 Å². The highest BCUT2D eigenvalue weighted by atomic mass is 15.3. The lowest BCUT2D eigenvalue weighted by atomic mass is 10.1. The van der Waals surface area contributed by atoms with E-state index in [-0.39, 0.29) is 0 Å². The maximum Gasteiger partial charge on any atom is 0.138 e. The minimum Gasteiger partial charge on any atom is -0.383 e. The molecule has 0 fully saturated rings. The highest BCUT2D eigenvalue weighted by molar-refractivity contribution is 5.42. The summed E-state index contributed by atoms with van der Waals surface area (Å²) in [6.07, 6.45) is 3.96.